The van der Waals surface area contributed by atoms with E-state index in [1.54, 1.807) is 13.2 Å². The van der Waals surface area contributed by atoms with E-state index in [1.165, 1.54) is 0 Å². The molecular formula is C18H26N2O3. The number of benzene rings is 1. The maximum atomic E-state index is 12.7. The van der Waals surface area contributed by atoms with Gasteiger partial charge in [0.2, 0.25) is 0 Å². The fourth-order valence-corrected chi connectivity index (χ4v) is 3.38. The van der Waals surface area contributed by atoms with Crippen molar-refractivity contribution in [1.82, 2.24) is 10.2 Å². The molecule has 2 atom stereocenters. The predicted octanol–water partition coefficient (Wildman–Crippen LogP) is 2.02. The van der Waals surface area contributed by atoms with Crippen LogP contribution in [0.15, 0.2) is 18.2 Å². The van der Waals surface area contributed by atoms with Crippen LogP contribution in [0.2, 0.25) is 0 Å². The highest BCUT2D eigenvalue weighted by Crippen LogP contribution is 2.31. The average molecular weight is 318 g/mol. The fraction of sp³-hybridized carbons (Fsp3) is 0.611. The number of hydrogen-bond donors (Lipinski definition) is 1. The SMILES string of the molecule is COc1cc(C(=O)N2C[C@H]3CNC[C@H]3C2)ccc1OCC(C)C. The van der Waals surface area contributed by atoms with Gasteiger partial charge in [0.15, 0.2) is 11.5 Å². The number of carbonyl (C=O) groups is 1. The van der Waals surface area contributed by atoms with Gasteiger partial charge in [-0.25, -0.2) is 0 Å². The summed E-state index contributed by atoms with van der Waals surface area (Å²) in [5.74, 6) is 3.06. The van der Waals surface area contributed by atoms with Crippen molar-refractivity contribution < 1.29 is 14.3 Å². The van der Waals surface area contributed by atoms with Crippen molar-refractivity contribution in [1.29, 1.82) is 0 Å². The van der Waals surface area contributed by atoms with Crippen LogP contribution in [-0.2, 0) is 0 Å². The molecule has 2 saturated heterocycles. The molecule has 126 valence electrons. The third-order valence-electron chi connectivity index (χ3n) is 4.66. The van der Waals surface area contributed by atoms with Crippen LogP contribution in [0.4, 0.5) is 0 Å². The van der Waals surface area contributed by atoms with Gasteiger partial charge >= 0.3 is 0 Å². The molecule has 0 bridgehead atoms. The van der Waals surface area contributed by atoms with E-state index in [0.29, 0.717) is 41.4 Å². The highest BCUT2D eigenvalue weighted by molar-refractivity contribution is 5.95. The minimum Gasteiger partial charge on any atom is -0.493 e. The summed E-state index contributed by atoms with van der Waals surface area (Å²) in [5.41, 5.74) is 0.673. The summed E-state index contributed by atoms with van der Waals surface area (Å²) in [6.07, 6.45) is 0. The quantitative estimate of drug-likeness (QED) is 0.902. The van der Waals surface area contributed by atoms with Gasteiger partial charge in [0.1, 0.15) is 0 Å². The highest BCUT2D eigenvalue weighted by atomic mass is 16.5. The third kappa shape index (κ3) is 3.44. The maximum absolute atomic E-state index is 12.7. The Hall–Kier alpha value is -1.75. The van der Waals surface area contributed by atoms with Crippen molar-refractivity contribution >= 4 is 5.91 Å². The Balaban J connectivity index is 1.71. The van der Waals surface area contributed by atoms with Gasteiger partial charge in [0.05, 0.1) is 13.7 Å². The minimum atomic E-state index is 0.0908. The lowest BCUT2D eigenvalue weighted by Gasteiger charge is -2.19. The molecule has 2 heterocycles. The summed E-state index contributed by atoms with van der Waals surface area (Å²) in [4.78, 5) is 14.7. The minimum absolute atomic E-state index is 0.0908. The van der Waals surface area contributed by atoms with E-state index in [2.05, 4.69) is 19.2 Å². The molecule has 5 nitrogen and oxygen atoms in total. The van der Waals surface area contributed by atoms with Crippen molar-refractivity contribution in [3.05, 3.63) is 23.8 Å². The standard InChI is InChI=1S/C18H26N2O3/c1-12(2)11-23-16-5-4-13(6-17(16)22-3)18(21)20-9-14-7-19-8-15(14)10-20/h4-6,12,14-15,19H,7-11H2,1-3H3/t14-,15+. The molecular weight excluding hydrogens is 292 g/mol. The molecule has 0 radical (unpaired) electrons. The first-order valence-electron chi connectivity index (χ1n) is 8.39. The van der Waals surface area contributed by atoms with Crippen molar-refractivity contribution in [2.45, 2.75) is 13.8 Å². The number of carbonyl (C=O) groups excluding carboxylic acids is 1. The van der Waals surface area contributed by atoms with Gasteiger partial charge in [-0.1, -0.05) is 13.8 Å². The number of hydrogen-bond acceptors (Lipinski definition) is 4. The lowest BCUT2D eigenvalue weighted by molar-refractivity contribution is 0.0781. The van der Waals surface area contributed by atoms with Crippen molar-refractivity contribution in [2.24, 2.45) is 17.8 Å². The highest BCUT2D eigenvalue weighted by Gasteiger charge is 2.38. The van der Waals surface area contributed by atoms with E-state index in [4.69, 9.17) is 9.47 Å². The van der Waals surface area contributed by atoms with Crippen LogP contribution >= 0.6 is 0 Å². The second-order valence-corrected chi connectivity index (χ2v) is 6.96. The number of methoxy groups -OCH3 is 1. The van der Waals surface area contributed by atoms with Gasteiger partial charge in [-0.2, -0.15) is 0 Å². The van der Waals surface area contributed by atoms with Crippen LogP contribution in [0.25, 0.3) is 0 Å². The van der Waals surface area contributed by atoms with E-state index < -0.39 is 0 Å². The Bertz CT molecular complexity index is 561. The van der Waals surface area contributed by atoms with Crippen LogP contribution in [0.1, 0.15) is 24.2 Å². The van der Waals surface area contributed by atoms with E-state index in [1.807, 2.05) is 17.0 Å². The molecule has 1 amide bonds. The van der Waals surface area contributed by atoms with Gasteiger partial charge < -0.3 is 19.7 Å². The normalized spacial score (nSPS) is 23.2. The number of likely N-dealkylation sites (tertiary alicyclic amines) is 1. The molecule has 0 aromatic heterocycles. The number of nitrogens with zero attached hydrogens (tertiary/aromatic N) is 1. The molecule has 1 aromatic rings. The Labute approximate surface area is 137 Å². The molecule has 2 aliphatic heterocycles. The maximum Gasteiger partial charge on any atom is 0.254 e. The van der Waals surface area contributed by atoms with Gasteiger partial charge in [0, 0.05) is 31.7 Å². The molecule has 1 N–H and O–H groups in total. The molecule has 0 unspecified atom stereocenters. The molecule has 23 heavy (non-hydrogen) atoms. The van der Waals surface area contributed by atoms with Gasteiger partial charge in [-0.15, -0.1) is 0 Å². The van der Waals surface area contributed by atoms with Crippen LogP contribution in [0.3, 0.4) is 0 Å². The third-order valence-corrected chi connectivity index (χ3v) is 4.66. The zero-order valence-corrected chi connectivity index (χ0v) is 14.2. The molecule has 2 fully saturated rings. The Morgan fingerprint density at radius 2 is 1.96 bits per heavy atom. The van der Waals surface area contributed by atoms with Crippen molar-refractivity contribution in [3.63, 3.8) is 0 Å². The van der Waals surface area contributed by atoms with E-state index in [0.717, 1.165) is 26.2 Å². The van der Waals surface area contributed by atoms with Crippen LogP contribution in [-0.4, -0.2) is 50.7 Å². The summed E-state index contributed by atoms with van der Waals surface area (Å²) in [6.45, 7) is 8.59. The van der Waals surface area contributed by atoms with Crippen LogP contribution < -0.4 is 14.8 Å². The number of nitrogens with one attached hydrogen (secondary N) is 1. The lowest BCUT2D eigenvalue weighted by atomic mass is 10.0. The summed E-state index contributed by atoms with van der Waals surface area (Å²) < 4.78 is 11.2. The van der Waals surface area contributed by atoms with Crippen molar-refractivity contribution in [3.8, 4) is 11.5 Å². The van der Waals surface area contributed by atoms with E-state index >= 15 is 0 Å². The molecule has 5 heteroatoms. The summed E-state index contributed by atoms with van der Waals surface area (Å²) in [7, 11) is 1.61. The molecule has 1 aromatic carbocycles. The Morgan fingerprint density at radius 1 is 1.26 bits per heavy atom. The largest absolute Gasteiger partial charge is 0.493 e. The lowest BCUT2D eigenvalue weighted by Crippen LogP contribution is -2.31. The second-order valence-electron chi connectivity index (χ2n) is 6.96. The van der Waals surface area contributed by atoms with E-state index in [-0.39, 0.29) is 5.91 Å². The van der Waals surface area contributed by atoms with Gasteiger partial charge in [-0.3, -0.25) is 4.79 Å². The first kappa shape index (κ1) is 16.1. The molecule has 0 saturated carbocycles. The Morgan fingerprint density at radius 3 is 2.57 bits per heavy atom. The van der Waals surface area contributed by atoms with Gasteiger partial charge in [0.25, 0.3) is 5.91 Å². The number of rotatable bonds is 5. The second kappa shape index (κ2) is 6.79. The summed E-state index contributed by atoms with van der Waals surface area (Å²) in [6, 6.07) is 5.48. The first-order valence-corrected chi connectivity index (χ1v) is 8.39. The molecule has 0 aliphatic carbocycles. The zero-order valence-electron chi connectivity index (χ0n) is 14.2. The smallest absolute Gasteiger partial charge is 0.254 e. The number of amides is 1. The summed E-state index contributed by atoms with van der Waals surface area (Å²) >= 11 is 0. The molecule has 2 aliphatic rings. The Kier molecular flexibility index (Phi) is 4.76. The fourth-order valence-electron chi connectivity index (χ4n) is 3.38. The van der Waals surface area contributed by atoms with Crippen molar-refractivity contribution in [2.75, 3.05) is 39.9 Å². The first-order chi connectivity index (χ1) is 11.1. The zero-order chi connectivity index (χ0) is 16.4. The monoisotopic (exact) mass is 318 g/mol. The van der Waals surface area contributed by atoms with E-state index in [9.17, 15) is 4.79 Å². The van der Waals surface area contributed by atoms with Crippen LogP contribution in [0, 0.1) is 17.8 Å². The topological polar surface area (TPSA) is 50.8 Å². The van der Waals surface area contributed by atoms with Crippen LogP contribution in [0.5, 0.6) is 11.5 Å². The average Bonchev–Trinajstić information content (AvgIpc) is 3.13. The number of fused-ring (bicyclic) bond motifs is 1. The predicted molar refractivity (Wildman–Crippen MR) is 89.1 cm³/mol. The number of ether oxygens (including phenoxy) is 2. The summed E-state index contributed by atoms with van der Waals surface area (Å²) in [5, 5.41) is 3.40. The van der Waals surface area contributed by atoms with Gasteiger partial charge in [-0.05, 0) is 36.0 Å². The molecule has 3 rings (SSSR count). The molecule has 0 spiro atoms.